The van der Waals surface area contributed by atoms with Gasteiger partial charge in [-0.05, 0) is 12.8 Å². The fourth-order valence-electron chi connectivity index (χ4n) is 0.706. The monoisotopic (exact) mass is 169 g/mol. The summed E-state index contributed by atoms with van der Waals surface area (Å²) in [5, 5.41) is 8.16. The summed E-state index contributed by atoms with van der Waals surface area (Å²) in [7, 11) is 1.18. The SMILES string of the molecule is COC(=O)C(=O)CCCCC#N. The lowest BCUT2D eigenvalue weighted by Gasteiger charge is -1.96. The Morgan fingerprint density at radius 2 is 2.08 bits per heavy atom. The first-order chi connectivity index (χ1) is 5.72. The first kappa shape index (κ1) is 10.6. The Bertz CT molecular complexity index is 205. The van der Waals surface area contributed by atoms with Crippen molar-refractivity contribution in [1.29, 1.82) is 5.26 Å². The first-order valence-electron chi connectivity index (χ1n) is 3.70. The van der Waals surface area contributed by atoms with Crippen molar-refractivity contribution in [2.24, 2.45) is 0 Å². The average molecular weight is 169 g/mol. The van der Waals surface area contributed by atoms with Gasteiger partial charge in [-0.15, -0.1) is 0 Å². The Morgan fingerprint density at radius 1 is 1.42 bits per heavy atom. The lowest BCUT2D eigenvalue weighted by Crippen LogP contribution is -2.14. The highest BCUT2D eigenvalue weighted by Crippen LogP contribution is 2.00. The summed E-state index contributed by atoms with van der Waals surface area (Å²) in [6.07, 6.45) is 1.82. The van der Waals surface area contributed by atoms with Crippen molar-refractivity contribution in [2.45, 2.75) is 25.7 Å². The molecule has 4 nitrogen and oxygen atoms in total. The molecular weight excluding hydrogens is 158 g/mol. The first-order valence-corrected chi connectivity index (χ1v) is 3.70. The Balaban J connectivity index is 3.46. The number of hydrogen-bond donors (Lipinski definition) is 0. The minimum Gasteiger partial charge on any atom is -0.463 e. The van der Waals surface area contributed by atoms with E-state index in [2.05, 4.69) is 4.74 Å². The molecule has 0 aliphatic rings. The zero-order chi connectivity index (χ0) is 9.40. The van der Waals surface area contributed by atoms with E-state index in [1.807, 2.05) is 6.07 Å². The maximum absolute atomic E-state index is 10.8. The van der Waals surface area contributed by atoms with E-state index >= 15 is 0 Å². The van der Waals surface area contributed by atoms with Crippen LogP contribution in [0, 0.1) is 11.3 Å². The number of ketones is 1. The van der Waals surface area contributed by atoms with Crippen molar-refractivity contribution in [3.05, 3.63) is 0 Å². The van der Waals surface area contributed by atoms with E-state index in [1.54, 1.807) is 0 Å². The molecule has 0 aliphatic heterocycles. The Labute approximate surface area is 71.1 Å². The second-order valence-electron chi connectivity index (χ2n) is 2.28. The zero-order valence-electron chi connectivity index (χ0n) is 7.00. The Morgan fingerprint density at radius 3 is 2.58 bits per heavy atom. The molecule has 0 aromatic heterocycles. The number of unbranched alkanes of at least 4 members (excludes halogenated alkanes) is 2. The molecule has 0 aliphatic carbocycles. The third kappa shape index (κ3) is 4.45. The van der Waals surface area contributed by atoms with E-state index in [0.717, 1.165) is 0 Å². The van der Waals surface area contributed by atoms with Crippen LogP contribution in [0.2, 0.25) is 0 Å². The number of hydrogen-bond acceptors (Lipinski definition) is 4. The van der Waals surface area contributed by atoms with E-state index in [0.29, 0.717) is 19.3 Å². The second-order valence-corrected chi connectivity index (χ2v) is 2.28. The maximum Gasteiger partial charge on any atom is 0.374 e. The summed E-state index contributed by atoms with van der Waals surface area (Å²) < 4.78 is 4.22. The van der Waals surface area contributed by atoms with Crippen LogP contribution in [-0.2, 0) is 14.3 Å². The molecule has 12 heavy (non-hydrogen) atoms. The van der Waals surface area contributed by atoms with Gasteiger partial charge in [0.05, 0.1) is 13.2 Å². The molecule has 0 atom stereocenters. The molecule has 0 aromatic rings. The van der Waals surface area contributed by atoms with Crippen LogP contribution in [0.25, 0.3) is 0 Å². The van der Waals surface area contributed by atoms with Gasteiger partial charge in [-0.3, -0.25) is 4.79 Å². The van der Waals surface area contributed by atoms with Crippen LogP contribution in [0.15, 0.2) is 0 Å². The van der Waals surface area contributed by atoms with Crippen LogP contribution in [0.4, 0.5) is 0 Å². The van der Waals surface area contributed by atoms with Gasteiger partial charge < -0.3 is 4.74 Å². The average Bonchev–Trinajstić information content (AvgIpc) is 2.10. The highest BCUT2D eigenvalue weighted by Gasteiger charge is 2.12. The molecule has 66 valence electrons. The van der Waals surface area contributed by atoms with E-state index in [4.69, 9.17) is 5.26 Å². The summed E-state index contributed by atoms with van der Waals surface area (Å²) in [6, 6.07) is 1.96. The molecule has 0 bridgehead atoms. The standard InChI is InChI=1S/C8H11NO3/c1-12-8(11)7(10)5-3-2-4-6-9/h2-5H2,1H3. The quantitative estimate of drug-likeness (QED) is 0.347. The molecule has 4 heteroatoms. The van der Waals surface area contributed by atoms with Crippen molar-refractivity contribution in [1.82, 2.24) is 0 Å². The minimum absolute atomic E-state index is 0.175. The Kier molecular flexibility index (Phi) is 5.62. The van der Waals surface area contributed by atoms with Gasteiger partial charge in [-0.25, -0.2) is 4.79 Å². The molecule has 0 N–H and O–H groups in total. The lowest BCUT2D eigenvalue weighted by molar-refractivity contribution is -0.151. The smallest absolute Gasteiger partial charge is 0.374 e. The van der Waals surface area contributed by atoms with Gasteiger partial charge in [0.2, 0.25) is 5.78 Å². The fourth-order valence-corrected chi connectivity index (χ4v) is 0.706. The van der Waals surface area contributed by atoms with Crippen molar-refractivity contribution in [2.75, 3.05) is 7.11 Å². The van der Waals surface area contributed by atoms with Crippen LogP contribution >= 0.6 is 0 Å². The van der Waals surface area contributed by atoms with E-state index in [9.17, 15) is 9.59 Å². The van der Waals surface area contributed by atoms with Crippen molar-refractivity contribution in [3.8, 4) is 6.07 Å². The van der Waals surface area contributed by atoms with Gasteiger partial charge in [0, 0.05) is 12.8 Å². The van der Waals surface area contributed by atoms with Crippen LogP contribution in [0.5, 0.6) is 0 Å². The minimum atomic E-state index is -0.799. The number of carbonyl (C=O) groups excluding carboxylic acids is 2. The number of carbonyl (C=O) groups is 2. The summed E-state index contributed by atoms with van der Waals surface area (Å²) >= 11 is 0. The summed E-state index contributed by atoms with van der Waals surface area (Å²) in [5.74, 6) is -1.32. The van der Waals surface area contributed by atoms with Gasteiger partial charge in [0.15, 0.2) is 0 Å². The summed E-state index contributed by atoms with van der Waals surface area (Å²) in [5.41, 5.74) is 0. The van der Waals surface area contributed by atoms with Gasteiger partial charge >= 0.3 is 5.97 Å². The molecular formula is C8H11NO3. The summed E-state index contributed by atoms with van der Waals surface area (Å²) in [4.78, 5) is 21.3. The second kappa shape index (κ2) is 6.35. The van der Waals surface area contributed by atoms with Crippen LogP contribution in [0.3, 0.4) is 0 Å². The predicted molar refractivity (Wildman–Crippen MR) is 41.1 cm³/mol. The molecule has 0 heterocycles. The van der Waals surface area contributed by atoms with Crippen LogP contribution in [-0.4, -0.2) is 18.9 Å². The molecule has 0 radical (unpaired) electrons. The largest absolute Gasteiger partial charge is 0.463 e. The van der Waals surface area contributed by atoms with Crippen LogP contribution < -0.4 is 0 Å². The highest BCUT2D eigenvalue weighted by atomic mass is 16.5. The lowest BCUT2D eigenvalue weighted by atomic mass is 10.1. The zero-order valence-corrected chi connectivity index (χ0v) is 7.00. The molecule has 0 saturated carbocycles. The van der Waals surface area contributed by atoms with Crippen LogP contribution in [0.1, 0.15) is 25.7 Å². The topological polar surface area (TPSA) is 67.2 Å². The number of rotatable bonds is 5. The van der Waals surface area contributed by atoms with E-state index in [1.165, 1.54) is 7.11 Å². The molecule has 0 rings (SSSR count). The molecule has 0 amide bonds. The van der Waals surface area contributed by atoms with Gasteiger partial charge in [-0.2, -0.15) is 5.26 Å². The van der Waals surface area contributed by atoms with Gasteiger partial charge in [0.1, 0.15) is 0 Å². The number of nitriles is 1. The molecule has 0 saturated heterocycles. The van der Waals surface area contributed by atoms with Gasteiger partial charge in [0.25, 0.3) is 0 Å². The predicted octanol–water partition coefficient (Wildman–Crippen LogP) is 0.812. The summed E-state index contributed by atoms with van der Waals surface area (Å²) in [6.45, 7) is 0. The molecule has 0 fully saturated rings. The van der Waals surface area contributed by atoms with Crippen molar-refractivity contribution >= 4 is 11.8 Å². The maximum atomic E-state index is 10.8. The third-order valence-electron chi connectivity index (χ3n) is 1.36. The number of methoxy groups -OCH3 is 1. The number of ether oxygens (including phenoxy) is 1. The highest BCUT2D eigenvalue weighted by molar-refractivity contribution is 6.33. The number of Topliss-reactive ketones (excluding diaryl/α,β-unsaturated/α-hetero) is 1. The number of nitrogens with zero attached hydrogens (tertiary/aromatic N) is 1. The van der Waals surface area contributed by atoms with Gasteiger partial charge in [-0.1, -0.05) is 0 Å². The molecule has 0 aromatic carbocycles. The molecule has 0 unspecified atom stereocenters. The van der Waals surface area contributed by atoms with E-state index < -0.39 is 11.8 Å². The third-order valence-corrected chi connectivity index (χ3v) is 1.36. The fraction of sp³-hybridized carbons (Fsp3) is 0.625. The Hall–Kier alpha value is -1.37. The number of esters is 1. The molecule has 0 spiro atoms. The van der Waals surface area contributed by atoms with Crippen molar-refractivity contribution in [3.63, 3.8) is 0 Å². The normalized spacial score (nSPS) is 8.67. The van der Waals surface area contributed by atoms with Crippen molar-refractivity contribution < 1.29 is 14.3 Å². The van der Waals surface area contributed by atoms with E-state index in [-0.39, 0.29) is 6.42 Å².